The Morgan fingerprint density at radius 2 is 2.14 bits per heavy atom. The van der Waals surface area contributed by atoms with Crippen molar-refractivity contribution in [2.45, 2.75) is 0 Å². The van der Waals surface area contributed by atoms with E-state index in [9.17, 15) is 8.78 Å². The Labute approximate surface area is 37.6 Å². The molecule has 7 heavy (non-hydrogen) atoms. The van der Waals surface area contributed by atoms with Crippen molar-refractivity contribution in [3.05, 3.63) is 12.3 Å². The molecule has 5 heteroatoms. The lowest BCUT2D eigenvalue weighted by Gasteiger charge is -1.83. The van der Waals surface area contributed by atoms with Crippen molar-refractivity contribution in [3.8, 4) is 0 Å². The molecule has 0 aliphatic rings. The van der Waals surface area contributed by atoms with Gasteiger partial charge in [-0.2, -0.15) is 8.78 Å². The van der Waals surface area contributed by atoms with E-state index in [2.05, 4.69) is 9.93 Å². The largest absolute Gasteiger partial charge is 0.311 e. The molecule has 0 bridgehead atoms. The predicted molar refractivity (Wildman–Crippen MR) is 15.1 cm³/mol. The van der Waals surface area contributed by atoms with Crippen LogP contribution in [0.3, 0.4) is 0 Å². The first-order valence-electron chi connectivity index (χ1n) is 1.25. The molecule has 0 aromatic rings. The van der Waals surface area contributed by atoms with Crippen molar-refractivity contribution in [3.63, 3.8) is 0 Å². The van der Waals surface area contributed by atoms with Gasteiger partial charge in [0.2, 0.25) is 0 Å². The molecule has 0 saturated carbocycles. The highest BCUT2D eigenvalue weighted by molar-refractivity contribution is 4.67. The summed E-state index contributed by atoms with van der Waals surface area (Å²) in [6, 6.07) is 0. The first-order chi connectivity index (χ1) is 3.27. The van der Waals surface area contributed by atoms with Crippen LogP contribution in [0.2, 0.25) is 0 Å². The first kappa shape index (κ1) is 6.32. The van der Waals surface area contributed by atoms with E-state index in [0.717, 1.165) is 0 Å². The minimum Gasteiger partial charge on any atom is -0.311 e. The van der Waals surface area contributed by atoms with Crippen molar-refractivity contribution in [2.75, 3.05) is 0 Å². The van der Waals surface area contributed by atoms with Gasteiger partial charge in [-0.05, 0) is 5.04 Å². The number of hydrogen-bond donors (Lipinski definition) is 1. The summed E-state index contributed by atoms with van der Waals surface area (Å²) >= 11 is 0. The van der Waals surface area contributed by atoms with Gasteiger partial charge in [-0.1, -0.05) is 0 Å². The smallest absolute Gasteiger partial charge is 0.308 e. The maximum Gasteiger partial charge on any atom is 0.308 e. The lowest BCUT2D eigenvalue weighted by Crippen LogP contribution is -1.76. The van der Waals surface area contributed by atoms with Gasteiger partial charge in [0.25, 0.3) is 0 Å². The first-order valence-corrected chi connectivity index (χ1v) is 1.25. The summed E-state index contributed by atoms with van der Waals surface area (Å²) in [5.74, 6) is 0. The molecular formula is C2H2F2O3. The van der Waals surface area contributed by atoms with E-state index in [4.69, 9.17) is 5.26 Å². The van der Waals surface area contributed by atoms with Gasteiger partial charge in [0, 0.05) is 0 Å². The molecule has 0 aliphatic carbocycles. The van der Waals surface area contributed by atoms with Crippen LogP contribution >= 0.6 is 0 Å². The van der Waals surface area contributed by atoms with E-state index in [1.807, 2.05) is 0 Å². The van der Waals surface area contributed by atoms with E-state index >= 15 is 0 Å². The molecule has 0 heterocycles. The maximum absolute atomic E-state index is 10.8. The molecule has 0 radical (unpaired) electrons. The van der Waals surface area contributed by atoms with Crippen molar-refractivity contribution in [2.24, 2.45) is 0 Å². The zero-order valence-electron chi connectivity index (χ0n) is 3.10. The highest BCUT2D eigenvalue weighted by Crippen LogP contribution is 1.95. The molecule has 3 nitrogen and oxygen atoms in total. The topological polar surface area (TPSA) is 38.7 Å². The molecule has 1 N–H and O–H groups in total. The molecule has 0 aromatic heterocycles. The highest BCUT2D eigenvalue weighted by Gasteiger charge is 1.84. The van der Waals surface area contributed by atoms with Crippen molar-refractivity contribution >= 4 is 0 Å². The molecule has 0 atom stereocenters. The molecule has 0 rings (SSSR count). The van der Waals surface area contributed by atoms with Crippen molar-refractivity contribution in [1.82, 2.24) is 0 Å². The number of hydrogen-bond acceptors (Lipinski definition) is 3. The van der Waals surface area contributed by atoms with Crippen LogP contribution in [0.5, 0.6) is 0 Å². The summed E-state index contributed by atoms with van der Waals surface area (Å²) in [5.41, 5.74) is 0. The van der Waals surface area contributed by atoms with Crippen LogP contribution in [-0.4, -0.2) is 5.26 Å². The van der Waals surface area contributed by atoms with Gasteiger partial charge in [-0.15, -0.1) is 0 Å². The average molecular weight is 112 g/mol. The highest BCUT2D eigenvalue weighted by atomic mass is 19.3. The summed E-state index contributed by atoms with van der Waals surface area (Å²) in [4.78, 5) is 3.24. The second kappa shape index (κ2) is 3.51. The summed E-state index contributed by atoms with van der Waals surface area (Å²) in [6.07, 6.45) is -2.12. The summed E-state index contributed by atoms with van der Waals surface area (Å²) in [6.45, 7) is 0. The Balaban J connectivity index is 3.08. The standard InChI is InChI=1S/C2H2F2O3/c3-2(4)1-6-7-5/h1,5H. The van der Waals surface area contributed by atoms with Crippen LogP contribution in [0.1, 0.15) is 0 Å². The van der Waals surface area contributed by atoms with Gasteiger partial charge in [-0.25, -0.2) is 5.26 Å². The molecule has 42 valence electrons. The van der Waals surface area contributed by atoms with E-state index < -0.39 is 6.08 Å². The third-order valence-corrected chi connectivity index (χ3v) is 0.180. The van der Waals surface area contributed by atoms with Gasteiger partial charge < -0.3 is 4.89 Å². The second-order valence-electron chi connectivity index (χ2n) is 0.578. The minimum absolute atomic E-state index is 0.0417. The SMILES string of the molecule is OOOC=C(F)F. The lowest BCUT2D eigenvalue weighted by molar-refractivity contribution is -0.466. The van der Waals surface area contributed by atoms with Crippen LogP contribution < -0.4 is 0 Å². The lowest BCUT2D eigenvalue weighted by atomic mass is 11.1. The Morgan fingerprint density at radius 1 is 1.57 bits per heavy atom. The number of rotatable bonds is 2. The van der Waals surface area contributed by atoms with Gasteiger partial charge in [0.1, 0.15) is 0 Å². The van der Waals surface area contributed by atoms with Crippen LogP contribution in [0.15, 0.2) is 12.3 Å². The number of halogens is 2. The normalized spacial score (nSPS) is 7.86. The molecule has 0 fully saturated rings. The Kier molecular flexibility index (Phi) is 3.17. The molecule has 0 spiro atoms. The minimum atomic E-state index is -2.07. The van der Waals surface area contributed by atoms with Crippen LogP contribution in [-0.2, 0) is 9.93 Å². The quantitative estimate of drug-likeness (QED) is 0.330. The Morgan fingerprint density at radius 3 is 2.29 bits per heavy atom. The third kappa shape index (κ3) is 5.32. The zero-order valence-corrected chi connectivity index (χ0v) is 3.10. The summed E-state index contributed by atoms with van der Waals surface area (Å²) in [5, 5.41) is 10.0. The van der Waals surface area contributed by atoms with Crippen LogP contribution in [0.25, 0.3) is 0 Å². The molecule has 0 unspecified atom stereocenters. The fourth-order valence-corrected chi connectivity index (χ4v) is 0.0579. The van der Waals surface area contributed by atoms with Gasteiger partial charge >= 0.3 is 6.08 Å². The predicted octanol–water partition coefficient (Wildman–Crippen LogP) is 1.15. The fourth-order valence-electron chi connectivity index (χ4n) is 0.0579. The molecule has 0 aromatic carbocycles. The summed E-state index contributed by atoms with van der Waals surface area (Å²) in [7, 11) is 0. The van der Waals surface area contributed by atoms with E-state index in [1.165, 1.54) is 0 Å². The van der Waals surface area contributed by atoms with Gasteiger partial charge in [0.05, 0.1) is 0 Å². The maximum atomic E-state index is 10.8. The monoisotopic (exact) mass is 112 g/mol. The molecule has 0 amide bonds. The zero-order chi connectivity index (χ0) is 5.70. The fraction of sp³-hybridized carbons (Fsp3) is 0. The molecule has 0 saturated heterocycles. The molecular weight excluding hydrogens is 110 g/mol. The summed E-state index contributed by atoms with van der Waals surface area (Å²) < 4.78 is 21.5. The van der Waals surface area contributed by atoms with Gasteiger partial charge in [0.15, 0.2) is 6.26 Å². The van der Waals surface area contributed by atoms with Gasteiger partial charge in [-0.3, -0.25) is 0 Å². The van der Waals surface area contributed by atoms with E-state index in [1.54, 1.807) is 0 Å². The van der Waals surface area contributed by atoms with E-state index in [-0.39, 0.29) is 6.26 Å². The Hall–Kier alpha value is -0.680. The van der Waals surface area contributed by atoms with Crippen molar-refractivity contribution in [1.29, 1.82) is 0 Å². The third-order valence-electron chi connectivity index (χ3n) is 0.180. The Bertz CT molecular complexity index is 67.3. The average Bonchev–Trinajstić information content (AvgIpc) is 1.61. The van der Waals surface area contributed by atoms with E-state index in [0.29, 0.717) is 0 Å². The molecule has 0 aliphatic heterocycles. The van der Waals surface area contributed by atoms with Crippen LogP contribution in [0, 0.1) is 0 Å². The van der Waals surface area contributed by atoms with Crippen LogP contribution in [0.4, 0.5) is 8.78 Å². The van der Waals surface area contributed by atoms with Crippen molar-refractivity contribution < 1.29 is 24.0 Å². The second-order valence-corrected chi connectivity index (χ2v) is 0.578.